The molecule has 0 bridgehead atoms. The number of carboxylic acids is 1. The second-order valence-corrected chi connectivity index (χ2v) is 5.13. The van der Waals surface area contributed by atoms with Crippen LogP contribution >= 0.6 is 0 Å². The van der Waals surface area contributed by atoms with Crippen molar-refractivity contribution in [2.45, 2.75) is 57.1 Å². The molecule has 3 N–H and O–H groups in total. The number of hydrogen-bond acceptors (Lipinski definition) is 3. The van der Waals surface area contributed by atoms with Gasteiger partial charge in [-0.2, -0.15) is 0 Å². The number of aliphatic hydroxyl groups excluding tert-OH is 1. The molecule has 0 unspecified atom stereocenters. The molecule has 19 heavy (non-hydrogen) atoms. The van der Waals surface area contributed by atoms with Crippen LogP contribution in [0.5, 0.6) is 0 Å². The van der Waals surface area contributed by atoms with Crippen LogP contribution in [-0.2, 0) is 4.79 Å². The van der Waals surface area contributed by atoms with Crippen LogP contribution in [0.2, 0.25) is 0 Å². The number of carboxylic acid groups (broad SMARTS) is 1. The average molecular weight is 272 g/mol. The van der Waals surface area contributed by atoms with Crippen molar-refractivity contribution in [3.63, 3.8) is 0 Å². The van der Waals surface area contributed by atoms with Crippen LogP contribution in [0.25, 0.3) is 0 Å². The fourth-order valence-corrected chi connectivity index (χ4v) is 2.37. The first-order valence-electron chi connectivity index (χ1n) is 6.94. The number of nitrogens with zero attached hydrogens (tertiary/aromatic N) is 1. The fourth-order valence-electron chi connectivity index (χ4n) is 2.37. The molecule has 1 saturated carbocycles. The summed E-state index contributed by atoms with van der Waals surface area (Å²) in [6, 6.07) is 0.0800. The second kappa shape index (κ2) is 7.99. The van der Waals surface area contributed by atoms with Crippen LogP contribution in [0.3, 0.4) is 0 Å². The van der Waals surface area contributed by atoms with Crippen molar-refractivity contribution in [3.8, 4) is 0 Å². The minimum atomic E-state index is -1.41. The number of amides is 2. The molecular formula is C13H24N2O4. The van der Waals surface area contributed by atoms with Crippen LogP contribution in [0.15, 0.2) is 0 Å². The zero-order valence-electron chi connectivity index (χ0n) is 11.5. The highest BCUT2D eigenvalue weighted by atomic mass is 16.4. The summed E-state index contributed by atoms with van der Waals surface area (Å²) in [5.41, 5.74) is 0. The van der Waals surface area contributed by atoms with Gasteiger partial charge in [0.15, 0.2) is 6.10 Å². The molecule has 1 aliphatic rings. The van der Waals surface area contributed by atoms with Crippen LogP contribution in [0.1, 0.15) is 44.9 Å². The standard InChI is InChI=1S/C13H24N2O4/c1-15(10-6-4-2-3-5-7-10)13(19)14-9-8-11(16)12(17)18/h10-11,16H,2-9H2,1H3,(H,14,19)(H,17,18)/t11-/m0/s1. The number of carbonyl (C=O) groups is 2. The third-order valence-corrected chi connectivity index (χ3v) is 3.67. The van der Waals surface area contributed by atoms with E-state index in [0.717, 1.165) is 25.7 Å². The first kappa shape index (κ1) is 15.8. The van der Waals surface area contributed by atoms with Crippen molar-refractivity contribution in [1.82, 2.24) is 10.2 Å². The zero-order chi connectivity index (χ0) is 14.3. The lowest BCUT2D eigenvalue weighted by molar-refractivity contribution is -0.146. The minimum absolute atomic E-state index is 0.0274. The van der Waals surface area contributed by atoms with Gasteiger partial charge in [-0.05, 0) is 12.8 Å². The Morgan fingerprint density at radius 2 is 1.84 bits per heavy atom. The highest BCUT2D eigenvalue weighted by molar-refractivity contribution is 5.74. The van der Waals surface area contributed by atoms with Gasteiger partial charge in [0.05, 0.1) is 0 Å². The first-order valence-corrected chi connectivity index (χ1v) is 6.94. The Hall–Kier alpha value is -1.30. The molecule has 1 fully saturated rings. The lowest BCUT2D eigenvalue weighted by Crippen LogP contribution is -2.44. The normalized spacial score (nSPS) is 18.4. The molecule has 1 atom stereocenters. The summed E-state index contributed by atoms with van der Waals surface area (Å²) in [4.78, 5) is 24.0. The van der Waals surface area contributed by atoms with Crippen LogP contribution in [0.4, 0.5) is 4.79 Å². The highest BCUT2D eigenvalue weighted by Gasteiger charge is 2.21. The van der Waals surface area contributed by atoms with E-state index in [-0.39, 0.29) is 25.0 Å². The largest absolute Gasteiger partial charge is 0.479 e. The van der Waals surface area contributed by atoms with E-state index >= 15 is 0 Å². The summed E-state index contributed by atoms with van der Waals surface area (Å²) >= 11 is 0. The third-order valence-electron chi connectivity index (χ3n) is 3.67. The number of hydrogen-bond donors (Lipinski definition) is 3. The molecule has 0 aromatic heterocycles. The fraction of sp³-hybridized carbons (Fsp3) is 0.846. The number of nitrogens with one attached hydrogen (secondary N) is 1. The minimum Gasteiger partial charge on any atom is -0.479 e. The molecule has 0 heterocycles. The topological polar surface area (TPSA) is 89.9 Å². The molecule has 6 heteroatoms. The van der Waals surface area contributed by atoms with Gasteiger partial charge in [-0.3, -0.25) is 0 Å². The smallest absolute Gasteiger partial charge is 0.332 e. The van der Waals surface area contributed by atoms with Gasteiger partial charge in [0.1, 0.15) is 0 Å². The highest BCUT2D eigenvalue weighted by Crippen LogP contribution is 2.20. The van der Waals surface area contributed by atoms with Crippen molar-refractivity contribution in [2.24, 2.45) is 0 Å². The van der Waals surface area contributed by atoms with Crippen molar-refractivity contribution in [3.05, 3.63) is 0 Å². The van der Waals surface area contributed by atoms with Gasteiger partial charge in [-0.1, -0.05) is 25.7 Å². The third kappa shape index (κ3) is 5.46. The van der Waals surface area contributed by atoms with Crippen LogP contribution in [-0.4, -0.2) is 52.9 Å². The number of carbonyl (C=O) groups excluding carboxylic acids is 1. The summed E-state index contributed by atoms with van der Waals surface area (Å²) < 4.78 is 0. The quantitative estimate of drug-likeness (QED) is 0.656. The number of aliphatic carboxylic acids is 1. The maximum absolute atomic E-state index is 11.9. The van der Waals surface area contributed by atoms with Gasteiger partial charge in [-0.15, -0.1) is 0 Å². The van der Waals surface area contributed by atoms with Gasteiger partial charge in [0.2, 0.25) is 0 Å². The van der Waals surface area contributed by atoms with Crippen molar-refractivity contribution < 1.29 is 19.8 Å². The van der Waals surface area contributed by atoms with Crippen molar-refractivity contribution in [1.29, 1.82) is 0 Å². The Balaban J connectivity index is 2.29. The molecule has 110 valence electrons. The van der Waals surface area contributed by atoms with Gasteiger partial charge in [0.25, 0.3) is 0 Å². The van der Waals surface area contributed by atoms with E-state index in [0.29, 0.717) is 0 Å². The van der Waals surface area contributed by atoms with Crippen LogP contribution in [0, 0.1) is 0 Å². The predicted molar refractivity (Wildman–Crippen MR) is 70.9 cm³/mol. The molecule has 0 aromatic carbocycles. The number of rotatable bonds is 5. The molecule has 0 spiro atoms. The molecule has 1 aliphatic carbocycles. The molecule has 0 aliphatic heterocycles. The van der Waals surface area contributed by atoms with Gasteiger partial charge < -0.3 is 20.4 Å². The summed E-state index contributed by atoms with van der Waals surface area (Å²) in [5.74, 6) is -1.26. The molecule has 2 amide bonds. The van der Waals surface area contributed by atoms with Gasteiger partial charge in [0, 0.05) is 26.1 Å². The lowest BCUT2D eigenvalue weighted by Gasteiger charge is -2.27. The summed E-state index contributed by atoms with van der Waals surface area (Å²) in [5, 5.41) is 20.3. The average Bonchev–Trinajstić information content (AvgIpc) is 2.66. The first-order chi connectivity index (χ1) is 9.02. The lowest BCUT2D eigenvalue weighted by atomic mass is 10.1. The summed E-state index contributed by atoms with van der Waals surface area (Å²) in [6.07, 6.45) is 5.44. The number of aliphatic hydroxyl groups is 1. The van der Waals surface area contributed by atoms with Crippen molar-refractivity contribution >= 4 is 12.0 Å². The Kier molecular flexibility index (Phi) is 6.62. The Bertz CT molecular complexity index is 301. The van der Waals surface area contributed by atoms with Gasteiger partial charge >= 0.3 is 12.0 Å². The Morgan fingerprint density at radius 3 is 2.37 bits per heavy atom. The molecule has 0 aromatic rings. The molecule has 0 saturated heterocycles. The van der Waals surface area contributed by atoms with E-state index in [1.165, 1.54) is 12.8 Å². The maximum atomic E-state index is 11.9. The summed E-state index contributed by atoms with van der Waals surface area (Å²) in [7, 11) is 1.78. The molecule has 6 nitrogen and oxygen atoms in total. The monoisotopic (exact) mass is 272 g/mol. The van der Waals surface area contributed by atoms with E-state index < -0.39 is 12.1 Å². The SMILES string of the molecule is CN(C(=O)NCC[C@H](O)C(=O)O)C1CCCCCC1. The van der Waals surface area contributed by atoms with E-state index in [4.69, 9.17) is 10.2 Å². The Morgan fingerprint density at radius 1 is 1.26 bits per heavy atom. The van der Waals surface area contributed by atoms with E-state index in [2.05, 4.69) is 5.32 Å². The van der Waals surface area contributed by atoms with E-state index in [1.54, 1.807) is 11.9 Å². The molecule has 0 radical (unpaired) electrons. The zero-order valence-corrected chi connectivity index (χ0v) is 11.5. The molecular weight excluding hydrogens is 248 g/mol. The number of urea groups is 1. The maximum Gasteiger partial charge on any atom is 0.332 e. The van der Waals surface area contributed by atoms with Gasteiger partial charge in [-0.25, -0.2) is 9.59 Å². The summed E-state index contributed by atoms with van der Waals surface area (Å²) in [6.45, 7) is 0.170. The molecule has 1 rings (SSSR count). The predicted octanol–water partition coefficient (Wildman–Crippen LogP) is 1.19. The Labute approximate surface area is 113 Å². The second-order valence-electron chi connectivity index (χ2n) is 5.13. The van der Waals surface area contributed by atoms with Crippen LogP contribution < -0.4 is 5.32 Å². The van der Waals surface area contributed by atoms with Crippen molar-refractivity contribution in [2.75, 3.05) is 13.6 Å². The van der Waals surface area contributed by atoms with E-state index in [9.17, 15) is 9.59 Å². The van der Waals surface area contributed by atoms with E-state index in [1.807, 2.05) is 0 Å².